The van der Waals surface area contributed by atoms with E-state index >= 15 is 0 Å². The molecule has 1 aromatic carbocycles. The highest BCUT2D eigenvalue weighted by Gasteiger charge is 2.09. The van der Waals surface area contributed by atoms with Crippen LogP contribution in [0.1, 0.15) is 20.0 Å². The van der Waals surface area contributed by atoms with Crippen LogP contribution in [0.2, 0.25) is 0 Å². The van der Waals surface area contributed by atoms with Gasteiger partial charge in [-0.3, -0.25) is 4.79 Å². The second-order valence-corrected chi connectivity index (χ2v) is 5.48. The summed E-state index contributed by atoms with van der Waals surface area (Å²) in [4.78, 5) is 23.8. The number of carbonyl (C=O) groups is 2. The first kappa shape index (κ1) is 13.8. The number of hydrogen-bond donors (Lipinski definition) is 1. The van der Waals surface area contributed by atoms with Gasteiger partial charge < -0.3 is 10.1 Å². The Morgan fingerprint density at radius 2 is 1.95 bits per heavy atom. The number of nitrogens with one attached hydrogen (secondary N) is 1. The maximum Gasteiger partial charge on any atom is 0.337 e. The fourth-order valence-corrected chi connectivity index (χ4v) is 2.75. The zero-order valence-electron chi connectivity index (χ0n) is 9.98. The molecule has 1 N–H and O–H groups in total. The number of rotatable bonds is 3. The van der Waals surface area contributed by atoms with Crippen molar-refractivity contribution in [3.05, 3.63) is 50.6 Å². The molecule has 19 heavy (non-hydrogen) atoms. The van der Waals surface area contributed by atoms with E-state index < -0.39 is 5.97 Å². The monoisotopic (exact) mass is 339 g/mol. The summed E-state index contributed by atoms with van der Waals surface area (Å²) in [6.07, 6.45) is 0. The van der Waals surface area contributed by atoms with Gasteiger partial charge in [-0.25, -0.2) is 4.79 Å². The van der Waals surface area contributed by atoms with Crippen molar-refractivity contribution in [3.63, 3.8) is 0 Å². The summed E-state index contributed by atoms with van der Waals surface area (Å²) in [5.74, 6) is -0.582. The van der Waals surface area contributed by atoms with Gasteiger partial charge in [-0.2, -0.15) is 0 Å². The van der Waals surface area contributed by atoms with Crippen molar-refractivity contribution in [2.24, 2.45) is 0 Å². The first-order chi connectivity index (χ1) is 9.10. The van der Waals surface area contributed by atoms with Gasteiger partial charge in [0.05, 0.1) is 17.6 Å². The molecule has 0 aliphatic rings. The summed E-state index contributed by atoms with van der Waals surface area (Å²) >= 11 is 4.65. The normalized spacial score (nSPS) is 10.0. The minimum Gasteiger partial charge on any atom is -0.465 e. The molecule has 0 radical (unpaired) electrons. The van der Waals surface area contributed by atoms with Gasteiger partial charge in [0.15, 0.2) is 0 Å². The highest BCUT2D eigenvalue weighted by molar-refractivity contribution is 9.10. The van der Waals surface area contributed by atoms with Crippen molar-refractivity contribution in [2.45, 2.75) is 0 Å². The molecule has 1 heterocycles. The standard InChI is InChI=1S/C13H10BrNO3S/c1-18-13(17)8-2-4-10(5-3-8)15-12(16)11-6-9(14)7-19-11/h2-7H,1H3,(H,15,16). The average molecular weight is 340 g/mol. The van der Waals surface area contributed by atoms with Gasteiger partial charge in [0.1, 0.15) is 0 Å². The van der Waals surface area contributed by atoms with E-state index in [9.17, 15) is 9.59 Å². The van der Waals surface area contributed by atoms with Crippen molar-refractivity contribution < 1.29 is 14.3 Å². The molecule has 0 aliphatic heterocycles. The van der Waals surface area contributed by atoms with Crippen molar-refractivity contribution in [3.8, 4) is 0 Å². The molecule has 0 spiro atoms. The lowest BCUT2D eigenvalue weighted by molar-refractivity contribution is 0.0600. The van der Waals surface area contributed by atoms with E-state index in [1.807, 2.05) is 5.38 Å². The molecule has 0 unspecified atom stereocenters. The number of halogens is 1. The second kappa shape index (κ2) is 5.99. The molecule has 0 bridgehead atoms. The maximum atomic E-state index is 11.9. The summed E-state index contributed by atoms with van der Waals surface area (Å²) in [5, 5.41) is 4.60. The Morgan fingerprint density at radius 3 is 2.47 bits per heavy atom. The molecule has 6 heteroatoms. The number of methoxy groups -OCH3 is 1. The van der Waals surface area contributed by atoms with Crippen LogP contribution in [0.25, 0.3) is 0 Å². The Kier molecular flexibility index (Phi) is 4.34. The molecule has 0 atom stereocenters. The van der Waals surface area contributed by atoms with E-state index in [1.165, 1.54) is 18.4 Å². The molecular weight excluding hydrogens is 330 g/mol. The van der Waals surface area contributed by atoms with Crippen LogP contribution >= 0.6 is 27.3 Å². The number of benzene rings is 1. The molecule has 2 rings (SSSR count). The van der Waals surface area contributed by atoms with Gasteiger partial charge in [-0.15, -0.1) is 11.3 Å². The number of anilines is 1. The van der Waals surface area contributed by atoms with E-state index in [4.69, 9.17) is 0 Å². The van der Waals surface area contributed by atoms with Gasteiger partial charge in [-0.05, 0) is 46.3 Å². The first-order valence-electron chi connectivity index (χ1n) is 5.34. The lowest BCUT2D eigenvalue weighted by Gasteiger charge is -2.04. The lowest BCUT2D eigenvalue weighted by Crippen LogP contribution is -2.10. The summed E-state index contributed by atoms with van der Waals surface area (Å²) in [7, 11) is 1.33. The second-order valence-electron chi connectivity index (χ2n) is 3.65. The smallest absolute Gasteiger partial charge is 0.337 e. The van der Waals surface area contributed by atoms with E-state index in [2.05, 4.69) is 26.0 Å². The molecule has 1 amide bonds. The highest BCUT2D eigenvalue weighted by Crippen LogP contribution is 2.21. The summed E-state index contributed by atoms with van der Waals surface area (Å²) in [5.41, 5.74) is 1.07. The fourth-order valence-electron chi connectivity index (χ4n) is 1.43. The van der Waals surface area contributed by atoms with Crippen LogP contribution in [0.4, 0.5) is 5.69 Å². The van der Waals surface area contributed by atoms with Gasteiger partial charge in [0.2, 0.25) is 0 Å². The largest absolute Gasteiger partial charge is 0.465 e. The molecular formula is C13H10BrNO3S. The van der Waals surface area contributed by atoms with Crippen LogP contribution in [0.5, 0.6) is 0 Å². The van der Waals surface area contributed by atoms with Crippen molar-refractivity contribution in [2.75, 3.05) is 12.4 Å². The minimum absolute atomic E-state index is 0.179. The van der Waals surface area contributed by atoms with Crippen LogP contribution in [-0.2, 0) is 4.74 Å². The zero-order chi connectivity index (χ0) is 13.8. The van der Waals surface area contributed by atoms with E-state index in [-0.39, 0.29) is 5.91 Å². The summed E-state index contributed by atoms with van der Waals surface area (Å²) in [6, 6.07) is 8.28. The quantitative estimate of drug-likeness (QED) is 0.870. The molecule has 0 saturated carbocycles. The lowest BCUT2D eigenvalue weighted by atomic mass is 10.2. The van der Waals surface area contributed by atoms with Gasteiger partial charge in [-0.1, -0.05) is 0 Å². The number of amides is 1. The van der Waals surface area contributed by atoms with Crippen molar-refractivity contribution >= 4 is 44.8 Å². The minimum atomic E-state index is -0.403. The molecule has 0 saturated heterocycles. The van der Waals surface area contributed by atoms with E-state index in [0.29, 0.717) is 16.1 Å². The molecule has 98 valence electrons. The van der Waals surface area contributed by atoms with Crippen molar-refractivity contribution in [1.29, 1.82) is 0 Å². The van der Waals surface area contributed by atoms with Crippen LogP contribution in [0.3, 0.4) is 0 Å². The number of esters is 1. The van der Waals surface area contributed by atoms with Crippen molar-refractivity contribution in [1.82, 2.24) is 0 Å². The highest BCUT2D eigenvalue weighted by atomic mass is 79.9. The maximum absolute atomic E-state index is 11.9. The predicted molar refractivity (Wildman–Crippen MR) is 77.8 cm³/mol. The average Bonchev–Trinajstić information content (AvgIpc) is 2.85. The summed E-state index contributed by atoms with van der Waals surface area (Å²) < 4.78 is 5.48. The topological polar surface area (TPSA) is 55.4 Å². The van der Waals surface area contributed by atoms with Crippen LogP contribution in [0, 0.1) is 0 Å². The fraction of sp³-hybridized carbons (Fsp3) is 0.0769. The third-order valence-electron chi connectivity index (χ3n) is 2.36. The van der Waals surface area contributed by atoms with Gasteiger partial charge in [0.25, 0.3) is 5.91 Å². The Labute approximate surface area is 122 Å². The molecule has 0 aliphatic carbocycles. The summed E-state index contributed by atoms with van der Waals surface area (Å²) in [6.45, 7) is 0. The first-order valence-corrected chi connectivity index (χ1v) is 7.01. The SMILES string of the molecule is COC(=O)c1ccc(NC(=O)c2cc(Br)cs2)cc1. The Balaban J connectivity index is 2.07. The molecule has 0 fully saturated rings. The van der Waals surface area contributed by atoms with Crippen LogP contribution in [-0.4, -0.2) is 19.0 Å². The van der Waals surface area contributed by atoms with Gasteiger partial charge in [0, 0.05) is 15.5 Å². The Bertz CT molecular complexity index is 607. The Hall–Kier alpha value is -1.66. The molecule has 2 aromatic rings. The zero-order valence-corrected chi connectivity index (χ0v) is 12.4. The van der Waals surface area contributed by atoms with E-state index in [1.54, 1.807) is 30.3 Å². The number of hydrogen-bond acceptors (Lipinski definition) is 4. The number of carbonyl (C=O) groups excluding carboxylic acids is 2. The Morgan fingerprint density at radius 1 is 1.26 bits per heavy atom. The van der Waals surface area contributed by atoms with E-state index in [0.717, 1.165) is 4.47 Å². The number of ether oxygens (including phenoxy) is 1. The predicted octanol–water partition coefficient (Wildman–Crippen LogP) is 3.55. The third kappa shape index (κ3) is 3.42. The third-order valence-corrected chi connectivity index (χ3v) is 4.04. The van der Waals surface area contributed by atoms with Crippen LogP contribution in [0.15, 0.2) is 40.2 Å². The van der Waals surface area contributed by atoms with Gasteiger partial charge >= 0.3 is 5.97 Å². The molecule has 4 nitrogen and oxygen atoms in total. The molecule has 1 aromatic heterocycles. The van der Waals surface area contributed by atoms with Crippen LogP contribution < -0.4 is 5.32 Å². The number of thiophene rings is 1.